The number of carbonyl (C=O) groups excluding carboxylic acids is 1. The maximum atomic E-state index is 12.3. The van der Waals surface area contributed by atoms with Gasteiger partial charge in [-0.15, -0.1) is 5.10 Å². The Morgan fingerprint density at radius 1 is 1.59 bits per heavy atom. The molecule has 0 aliphatic carbocycles. The van der Waals surface area contributed by atoms with Gasteiger partial charge in [0.25, 0.3) is 0 Å². The molecule has 1 aromatic rings. The van der Waals surface area contributed by atoms with Crippen LogP contribution in [0.25, 0.3) is 0 Å². The van der Waals surface area contributed by atoms with Crippen molar-refractivity contribution in [3.63, 3.8) is 0 Å². The van der Waals surface area contributed by atoms with Crippen LogP contribution in [0.5, 0.6) is 0 Å². The van der Waals surface area contributed by atoms with Crippen molar-refractivity contribution in [2.24, 2.45) is 11.8 Å². The monoisotopic (exact) mass is 308 g/mol. The van der Waals surface area contributed by atoms with E-state index in [1.54, 1.807) is 0 Å². The first-order valence-corrected chi connectivity index (χ1v) is 8.21. The largest absolute Gasteiger partial charge is 0.390 e. The minimum Gasteiger partial charge on any atom is -0.390 e. The predicted molar refractivity (Wildman–Crippen MR) is 79.9 cm³/mol. The number of amides is 1. The van der Waals surface area contributed by atoms with Gasteiger partial charge in [0.15, 0.2) is 0 Å². The normalized spacial score (nSPS) is 30.7. The lowest BCUT2D eigenvalue weighted by Gasteiger charge is -2.46. The highest BCUT2D eigenvalue weighted by Crippen LogP contribution is 2.27. The topological polar surface area (TPSA) is 84.5 Å². The Hall–Kier alpha value is -1.47. The van der Waals surface area contributed by atoms with Crippen molar-refractivity contribution in [2.45, 2.75) is 51.9 Å². The van der Waals surface area contributed by atoms with E-state index in [9.17, 15) is 4.79 Å². The molecule has 2 bridgehead atoms. The van der Waals surface area contributed by atoms with Gasteiger partial charge in [-0.05, 0) is 19.8 Å². The zero-order valence-corrected chi connectivity index (χ0v) is 13.3. The molecule has 4 atom stereocenters. The molecule has 7 heteroatoms. The summed E-state index contributed by atoms with van der Waals surface area (Å²) in [6, 6.07) is 0.705. The van der Waals surface area contributed by atoms with Crippen LogP contribution in [-0.2, 0) is 17.9 Å². The molecular weight excluding hydrogens is 282 g/mol. The molecule has 4 rings (SSSR count). The summed E-state index contributed by atoms with van der Waals surface area (Å²) in [4.78, 5) is 13.8. The predicted octanol–water partition coefficient (Wildman–Crippen LogP) is -1.41. The van der Waals surface area contributed by atoms with Crippen LogP contribution in [0.15, 0.2) is 6.20 Å². The lowest BCUT2D eigenvalue weighted by Crippen LogP contribution is -3.20. The summed E-state index contributed by atoms with van der Waals surface area (Å²) in [6.07, 6.45) is 4.02. The summed E-state index contributed by atoms with van der Waals surface area (Å²) in [7, 11) is 0. The number of aliphatic hydroxyl groups is 1. The molecule has 3 N–H and O–H groups in total. The van der Waals surface area contributed by atoms with E-state index in [1.807, 2.05) is 24.7 Å². The molecule has 122 valence electrons. The maximum Gasteiger partial charge on any atom is 0.229 e. The van der Waals surface area contributed by atoms with Crippen LogP contribution in [-0.4, -0.2) is 51.2 Å². The van der Waals surface area contributed by atoms with Crippen molar-refractivity contribution in [1.29, 1.82) is 0 Å². The molecule has 0 saturated carbocycles. The smallest absolute Gasteiger partial charge is 0.229 e. The number of nitrogens with zero attached hydrogens (tertiary/aromatic N) is 3. The summed E-state index contributed by atoms with van der Waals surface area (Å²) in [5, 5.41) is 20.1. The van der Waals surface area contributed by atoms with Crippen molar-refractivity contribution >= 4 is 5.91 Å². The van der Waals surface area contributed by atoms with E-state index in [4.69, 9.17) is 5.11 Å². The fourth-order valence-corrected chi connectivity index (χ4v) is 3.94. The number of piperidine rings is 3. The minimum atomic E-state index is -0.0681. The van der Waals surface area contributed by atoms with Crippen LogP contribution in [0.1, 0.15) is 32.4 Å². The van der Waals surface area contributed by atoms with Crippen LogP contribution in [0.2, 0.25) is 0 Å². The molecule has 1 unspecified atom stereocenters. The molecule has 0 aromatic carbocycles. The third-order valence-corrected chi connectivity index (χ3v) is 4.98. The molecule has 3 aliphatic heterocycles. The Bertz CT molecular complexity index is 530. The first-order chi connectivity index (χ1) is 10.6. The van der Waals surface area contributed by atoms with Crippen LogP contribution >= 0.6 is 0 Å². The highest BCUT2D eigenvalue weighted by molar-refractivity contribution is 5.79. The second kappa shape index (κ2) is 6.34. The van der Waals surface area contributed by atoms with Crippen molar-refractivity contribution in [3.8, 4) is 0 Å². The number of nitrogens with one attached hydrogen (secondary N) is 2. The van der Waals surface area contributed by atoms with Crippen LogP contribution in [0.4, 0.5) is 0 Å². The van der Waals surface area contributed by atoms with Gasteiger partial charge in [-0.1, -0.05) is 5.21 Å². The lowest BCUT2D eigenvalue weighted by molar-refractivity contribution is -0.945. The standard InChI is InChI=1S/C15H25N5O2/c1-10(2)16-15(22)14-8-19-4-3-11(14)5-13(19)7-20-6-12(9-21)17-18-20/h6,10-11,13-14,21H,3-5,7-9H2,1-2H3,(H,16,22)/p+1/t11-,13+,14-/m0/s1. The highest BCUT2D eigenvalue weighted by atomic mass is 16.3. The quantitative estimate of drug-likeness (QED) is 0.624. The molecule has 3 saturated heterocycles. The van der Waals surface area contributed by atoms with E-state index in [0.717, 1.165) is 32.5 Å². The average Bonchev–Trinajstić information content (AvgIpc) is 2.95. The minimum absolute atomic E-state index is 0.0681. The fourth-order valence-electron chi connectivity index (χ4n) is 3.94. The van der Waals surface area contributed by atoms with Crippen molar-refractivity contribution in [1.82, 2.24) is 20.3 Å². The number of carbonyl (C=O) groups is 1. The number of hydrogen-bond acceptors (Lipinski definition) is 4. The van der Waals surface area contributed by atoms with Gasteiger partial charge in [0.1, 0.15) is 11.7 Å². The Balaban J connectivity index is 1.61. The van der Waals surface area contributed by atoms with E-state index in [1.165, 1.54) is 4.90 Å². The summed E-state index contributed by atoms with van der Waals surface area (Å²) in [5.41, 5.74) is 0.611. The van der Waals surface area contributed by atoms with Crippen LogP contribution in [0.3, 0.4) is 0 Å². The van der Waals surface area contributed by atoms with Gasteiger partial charge in [-0.25, -0.2) is 4.68 Å². The van der Waals surface area contributed by atoms with Gasteiger partial charge in [0.05, 0.1) is 38.4 Å². The van der Waals surface area contributed by atoms with Gasteiger partial charge >= 0.3 is 0 Å². The second-order valence-electron chi connectivity index (χ2n) is 6.95. The van der Waals surface area contributed by atoms with E-state index in [2.05, 4.69) is 15.6 Å². The molecule has 0 radical (unpaired) electrons. The van der Waals surface area contributed by atoms with Crippen molar-refractivity contribution in [3.05, 3.63) is 11.9 Å². The van der Waals surface area contributed by atoms with E-state index >= 15 is 0 Å². The van der Waals surface area contributed by atoms with Crippen molar-refractivity contribution in [2.75, 3.05) is 13.1 Å². The first-order valence-electron chi connectivity index (χ1n) is 8.21. The van der Waals surface area contributed by atoms with Gasteiger partial charge in [-0.2, -0.15) is 0 Å². The summed E-state index contributed by atoms with van der Waals surface area (Å²) >= 11 is 0. The molecule has 3 aliphatic rings. The summed E-state index contributed by atoms with van der Waals surface area (Å²) < 4.78 is 1.83. The van der Waals surface area contributed by atoms with Gasteiger partial charge < -0.3 is 15.3 Å². The molecule has 4 heterocycles. The first kappa shape index (κ1) is 15.4. The Kier molecular flexibility index (Phi) is 4.44. The Labute approximate surface area is 130 Å². The maximum absolute atomic E-state index is 12.3. The summed E-state index contributed by atoms with van der Waals surface area (Å²) in [5.74, 6) is 0.868. The number of hydrogen-bond donors (Lipinski definition) is 3. The number of aromatic nitrogens is 3. The van der Waals surface area contributed by atoms with Crippen LogP contribution < -0.4 is 10.2 Å². The number of aliphatic hydroxyl groups excluding tert-OH is 1. The SMILES string of the molecule is CC(C)NC(=O)[C@H]1C[NH+]2CC[C@H]1C[C@@H]2Cn1cc(CO)nn1. The average molecular weight is 308 g/mol. The molecule has 3 fully saturated rings. The number of fused-ring (bicyclic) bond motifs is 3. The van der Waals surface area contributed by atoms with E-state index < -0.39 is 0 Å². The van der Waals surface area contributed by atoms with E-state index in [-0.39, 0.29) is 24.5 Å². The number of quaternary nitrogens is 1. The molecule has 1 aromatic heterocycles. The number of rotatable bonds is 5. The molecule has 0 spiro atoms. The lowest BCUT2D eigenvalue weighted by atomic mass is 9.75. The molecule has 1 amide bonds. The fraction of sp³-hybridized carbons (Fsp3) is 0.800. The summed E-state index contributed by atoms with van der Waals surface area (Å²) in [6.45, 7) is 6.84. The van der Waals surface area contributed by atoms with Gasteiger partial charge in [0.2, 0.25) is 5.91 Å². The van der Waals surface area contributed by atoms with Gasteiger partial charge in [0, 0.05) is 18.9 Å². The van der Waals surface area contributed by atoms with E-state index in [0.29, 0.717) is 17.7 Å². The highest BCUT2D eigenvalue weighted by Gasteiger charge is 2.46. The zero-order chi connectivity index (χ0) is 15.7. The Morgan fingerprint density at radius 3 is 3.00 bits per heavy atom. The zero-order valence-electron chi connectivity index (χ0n) is 13.3. The Morgan fingerprint density at radius 2 is 2.41 bits per heavy atom. The van der Waals surface area contributed by atoms with Gasteiger partial charge in [-0.3, -0.25) is 4.79 Å². The molecular formula is C15H26N5O2+. The molecule has 22 heavy (non-hydrogen) atoms. The second-order valence-corrected chi connectivity index (χ2v) is 6.95. The third-order valence-electron chi connectivity index (χ3n) is 4.98. The molecule has 7 nitrogen and oxygen atoms in total. The van der Waals surface area contributed by atoms with Crippen molar-refractivity contribution < 1.29 is 14.8 Å². The third kappa shape index (κ3) is 3.15. The van der Waals surface area contributed by atoms with Crippen LogP contribution in [0, 0.1) is 11.8 Å².